The van der Waals surface area contributed by atoms with Crippen molar-refractivity contribution in [3.05, 3.63) is 91.5 Å². The van der Waals surface area contributed by atoms with Crippen LogP contribution in [0.25, 0.3) is 0 Å². The fraction of sp³-hybridized carbons (Fsp3) is 0.250. The maximum atomic E-state index is 14.3. The van der Waals surface area contributed by atoms with Crippen molar-refractivity contribution < 1.29 is 14.0 Å². The molecule has 3 aromatic rings. The molecular formula is C24H25FN4O4. The van der Waals surface area contributed by atoms with Crippen LogP contribution in [0.3, 0.4) is 0 Å². The largest absolute Gasteiger partial charge is 0.332 e. The molecule has 0 atom stereocenters. The monoisotopic (exact) mass is 452 g/mol. The third-order valence-electron chi connectivity index (χ3n) is 5.30. The van der Waals surface area contributed by atoms with E-state index >= 15 is 0 Å². The van der Waals surface area contributed by atoms with E-state index in [2.05, 4.69) is 10.6 Å². The second-order valence-electron chi connectivity index (χ2n) is 7.91. The number of hydrogen-bond acceptors (Lipinski definition) is 4. The zero-order chi connectivity index (χ0) is 24.3. The maximum Gasteiger partial charge on any atom is 0.332 e. The van der Waals surface area contributed by atoms with Gasteiger partial charge in [0.05, 0.1) is 6.20 Å². The van der Waals surface area contributed by atoms with Crippen LogP contribution in [0.5, 0.6) is 0 Å². The Morgan fingerprint density at radius 1 is 0.788 bits per heavy atom. The molecule has 0 aliphatic rings. The quantitative estimate of drug-likeness (QED) is 0.600. The number of aromatic nitrogens is 2. The van der Waals surface area contributed by atoms with Gasteiger partial charge in [0, 0.05) is 11.4 Å². The highest BCUT2D eigenvalue weighted by Crippen LogP contribution is 2.20. The molecule has 0 radical (unpaired) electrons. The summed E-state index contributed by atoms with van der Waals surface area (Å²) in [5.41, 5.74) is 2.21. The number of aryl methyl sites for hydroxylation is 4. The predicted octanol–water partition coefficient (Wildman–Crippen LogP) is 2.66. The summed E-state index contributed by atoms with van der Waals surface area (Å²) in [6.07, 6.45) is 0.675. The van der Waals surface area contributed by atoms with E-state index < -0.39 is 42.0 Å². The summed E-state index contributed by atoms with van der Waals surface area (Å²) < 4.78 is 15.5. The molecule has 2 N–H and O–H groups in total. The Morgan fingerprint density at radius 2 is 1.21 bits per heavy atom. The molecule has 0 aliphatic heterocycles. The minimum Gasteiger partial charge on any atom is -0.324 e. The number of carbonyl (C=O) groups is 2. The summed E-state index contributed by atoms with van der Waals surface area (Å²) in [4.78, 5) is 50.1. The van der Waals surface area contributed by atoms with Gasteiger partial charge in [-0.15, -0.1) is 0 Å². The molecule has 33 heavy (non-hydrogen) atoms. The molecule has 0 unspecified atom stereocenters. The average molecular weight is 452 g/mol. The lowest BCUT2D eigenvalue weighted by molar-refractivity contribution is -0.117. The molecule has 1 aromatic heterocycles. The molecule has 0 saturated carbocycles. The Labute approximate surface area is 189 Å². The number of para-hydroxylation sites is 2. The molecule has 0 spiro atoms. The van der Waals surface area contributed by atoms with Gasteiger partial charge >= 0.3 is 5.69 Å². The van der Waals surface area contributed by atoms with Crippen molar-refractivity contribution in [2.24, 2.45) is 0 Å². The number of amides is 2. The van der Waals surface area contributed by atoms with Crippen LogP contribution in [-0.2, 0) is 22.7 Å². The third kappa shape index (κ3) is 5.25. The van der Waals surface area contributed by atoms with Crippen molar-refractivity contribution >= 4 is 23.2 Å². The first-order valence-electron chi connectivity index (χ1n) is 10.3. The number of hydrogen-bond donors (Lipinski definition) is 2. The molecule has 0 aliphatic carbocycles. The van der Waals surface area contributed by atoms with Crippen molar-refractivity contribution in [2.45, 2.75) is 40.8 Å². The zero-order valence-electron chi connectivity index (χ0n) is 18.9. The lowest BCUT2D eigenvalue weighted by atomic mass is 10.1. The summed E-state index contributed by atoms with van der Waals surface area (Å²) in [5, 5.41) is 5.36. The first kappa shape index (κ1) is 23.6. The van der Waals surface area contributed by atoms with Gasteiger partial charge in [-0.1, -0.05) is 36.4 Å². The first-order valence-corrected chi connectivity index (χ1v) is 10.3. The molecule has 2 amide bonds. The Balaban J connectivity index is 1.84. The van der Waals surface area contributed by atoms with E-state index in [9.17, 15) is 23.6 Å². The molecule has 2 aromatic carbocycles. The van der Waals surface area contributed by atoms with Crippen LogP contribution >= 0.6 is 0 Å². The van der Waals surface area contributed by atoms with Crippen molar-refractivity contribution in [3.8, 4) is 0 Å². The molecular weight excluding hydrogens is 427 g/mol. The van der Waals surface area contributed by atoms with Crippen molar-refractivity contribution in [2.75, 3.05) is 10.6 Å². The number of rotatable bonds is 6. The average Bonchev–Trinajstić information content (AvgIpc) is 2.75. The summed E-state index contributed by atoms with van der Waals surface area (Å²) >= 11 is 0. The van der Waals surface area contributed by atoms with Gasteiger partial charge in [-0.2, -0.15) is 4.39 Å². The van der Waals surface area contributed by atoms with Crippen molar-refractivity contribution in [1.29, 1.82) is 0 Å². The smallest absolute Gasteiger partial charge is 0.324 e. The molecule has 3 rings (SSSR count). The van der Waals surface area contributed by atoms with Crippen LogP contribution in [0.1, 0.15) is 22.3 Å². The Bertz CT molecular complexity index is 1320. The minimum absolute atomic E-state index is 0.477. The van der Waals surface area contributed by atoms with Crippen molar-refractivity contribution in [3.63, 3.8) is 0 Å². The van der Waals surface area contributed by atoms with Gasteiger partial charge in [0.25, 0.3) is 5.56 Å². The number of carbonyl (C=O) groups excluding carboxylic acids is 2. The van der Waals surface area contributed by atoms with Crippen LogP contribution in [0, 0.1) is 33.5 Å². The predicted molar refractivity (Wildman–Crippen MR) is 124 cm³/mol. The molecule has 1 heterocycles. The number of benzene rings is 2. The van der Waals surface area contributed by atoms with Gasteiger partial charge < -0.3 is 10.6 Å². The van der Waals surface area contributed by atoms with E-state index in [1.807, 2.05) is 38.1 Å². The van der Waals surface area contributed by atoms with Gasteiger partial charge in [-0.25, -0.2) is 9.36 Å². The van der Waals surface area contributed by atoms with E-state index in [4.69, 9.17) is 0 Å². The normalized spacial score (nSPS) is 10.7. The van der Waals surface area contributed by atoms with Crippen LogP contribution in [0.15, 0.2) is 52.2 Å². The highest BCUT2D eigenvalue weighted by molar-refractivity contribution is 5.93. The van der Waals surface area contributed by atoms with E-state index in [-0.39, 0.29) is 0 Å². The number of nitrogens with one attached hydrogen (secondary N) is 2. The second-order valence-corrected chi connectivity index (χ2v) is 7.91. The molecule has 172 valence electrons. The summed E-state index contributed by atoms with van der Waals surface area (Å²) in [5.74, 6) is -2.47. The van der Waals surface area contributed by atoms with E-state index in [1.165, 1.54) is 0 Å². The third-order valence-corrected chi connectivity index (χ3v) is 5.30. The second kappa shape index (κ2) is 9.64. The van der Waals surface area contributed by atoms with Crippen LogP contribution in [0.4, 0.5) is 15.8 Å². The topological polar surface area (TPSA) is 102 Å². The maximum absolute atomic E-state index is 14.3. The van der Waals surface area contributed by atoms with Gasteiger partial charge in [-0.05, 0) is 49.9 Å². The fourth-order valence-corrected chi connectivity index (χ4v) is 3.55. The van der Waals surface area contributed by atoms with Crippen molar-refractivity contribution in [1.82, 2.24) is 9.13 Å². The van der Waals surface area contributed by atoms with Gasteiger partial charge in [0.1, 0.15) is 13.1 Å². The lowest BCUT2D eigenvalue weighted by Crippen LogP contribution is -2.44. The molecule has 8 nitrogen and oxygen atoms in total. The SMILES string of the molecule is Cc1cccc(C)c1NC(=O)Cn1cc(F)c(=O)n(CC(=O)Nc2c(C)cccc2C)c1=O. The summed E-state index contributed by atoms with van der Waals surface area (Å²) in [6, 6.07) is 10.9. The minimum atomic E-state index is -1.24. The number of halogens is 1. The molecule has 0 fully saturated rings. The molecule has 9 heteroatoms. The fourth-order valence-electron chi connectivity index (χ4n) is 3.55. The summed E-state index contributed by atoms with van der Waals surface area (Å²) in [7, 11) is 0. The van der Waals surface area contributed by atoms with Gasteiger partial charge in [-0.3, -0.25) is 19.0 Å². The van der Waals surface area contributed by atoms with E-state index in [0.29, 0.717) is 22.1 Å². The van der Waals surface area contributed by atoms with Crippen LogP contribution < -0.4 is 21.9 Å². The highest BCUT2D eigenvalue weighted by Gasteiger charge is 2.17. The Morgan fingerprint density at radius 3 is 1.67 bits per heavy atom. The Kier molecular flexibility index (Phi) is 6.91. The molecule has 0 bridgehead atoms. The lowest BCUT2D eigenvalue weighted by Gasteiger charge is -2.14. The Hall–Kier alpha value is -4.01. The molecule has 0 saturated heterocycles. The summed E-state index contributed by atoms with van der Waals surface area (Å²) in [6.45, 7) is 6.04. The number of anilines is 2. The van der Waals surface area contributed by atoms with Gasteiger partial charge in [0.2, 0.25) is 17.6 Å². The van der Waals surface area contributed by atoms with Crippen LogP contribution in [0.2, 0.25) is 0 Å². The van der Waals surface area contributed by atoms with Gasteiger partial charge in [0.15, 0.2) is 0 Å². The first-order chi connectivity index (χ1) is 15.6. The number of nitrogens with zero attached hydrogens (tertiary/aromatic N) is 2. The van der Waals surface area contributed by atoms with Crippen LogP contribution in [-0.4, -0.2) is 20.9 Å². The highest BCUT2D eigenvalue weighted by atomic mass is 19.1. The standard InChI is InChI=1S/C24H25FN4O4/c1-14-7-5-8-15(2)21(14)26-19(30)12-28-11-18(25)23(32)29(24(28)33)13-20(31)27-22-16(3)9-6-10-17(22)4/h5-11H,12-13H2,1-4H3,(H,26,30)(H,27,31). The zero-order valence-corrected chi connectivity index (χ0v) is 18.9. The van der Waals surface area contributed by atoms with E-state index in [0.717, 1.165) is 26.8 Å². The van der Waals surface area contributed by atoms with E-state index in [1.54, 1.807) is 26.0 Å².